The summed E-state index contributed by atoms with van der Waals surface area (Å²) >= 11 is 0. The Morgan fingerprint density at radius 3 is 2.53 bits per heavy atom. The highest BCUT2D eigenvalue weighted by molar-refractivity contribution is 5.99. The minimum absolute atomic E-state index is 0.128. The number of ether oxygens (including phenoxy) is 1. The molecule has 3 heterocycles. The maximum absolute atomic E-state index is 13.4. The summed E-state index contributed by atoms with van der Waals surface area (Å²) in [5, 5.41) is 4.55. The Bertz CT molecular complexity index is 1460. The van der Waals surface area contributed by atoms with Crippen molar-refractivity contribution in [1.82, 2.24) is 20.0 Å². The molecule has 4 aromatic rings. The van der Waals surface area contributed by atoms with Crippen LogP contribution >= 0.6 is 0 Å². The highest BCUT2D eigenvalue weighted by Gasteiger charge is 2.32. The number of aryl methyl sites for hydroxylation is 1. The average molecular weight is 526 g/mol. The number of alkyl halides is 3. The van der Waals surface area contributed by atoms with E-state index in [1.807, 2.05) is 17.9 Å². The van der Waals surface area contributed by atoms with Gasteiger partial charge in [-0.25, -0.2) is 4.98 Å². The third-order valence-electron chi connectivity index (χ3n) is 6.50. The number of methoxy groups -OCH3 is 1. The van der Waals surface area contributed by atoms with Crippen LogP contribution in [0.4, 0.5) is 19.0 Å². The quantitative estimate of drug-likeness (QED) is 0.341. The van der Waals surface area contributed by atoms with E-state index >= 15 is 0 Å². The van der Waals surface area contributed by atoms with Gasteiger partial charge in [0.15, 0.2) is 0 Å². The van der Waals surface area contributed by atoms with Crippen LogP contribution < -0.4 is 9.64 Å². The second kappa shape index (κ2) is 10.3. The summed E-state index contributed by atoms with van der Waals surface area (Å²) in [4.78, 5) is 26.2. The molecule has 5 rings (SSSR count). The molecule has 0 N–H and O–H groups in total. The van der Waals surface area contributed by atoms with Gasteiger partial charge in [-0.1, -0.05) is 36.3 Å². The third-order valence-corrected chi connectivity index (χ3v) is 6.50. The number of halogens is 3. The third kappa shape index (κ3) is 4.88. The van der Waals surface area contributed by atoms with Gasteiger partial charge in [-0.3, -0.25) is 4.79 Å². The summed E-state index contributed by atoms with van der Waals surface area (Å²) in [6, 6.07) is 12.0. The van der Waals surface area contributed by atoms with Crippen molar-refractivity contribution >= 4 is 22.8 Å². The molecule has 1 aliphatic heterocycles. The zero-order valence-electron chi connectivity index (χ0n) is 21.0. The Kier molecular flexibility index (Phi) is 6.92. The number of benzene rings is 2. The molecule has 38 heavy (non-hydrogen) atoms. The van der Waals surface area contributed by atoms with Crippen LogP contribution in [-0.2, 0) is 12.6 Å². The predicted molar refractivity (Wildman–Crippen MR) is 135 cm³/mol. The van der Waals surface area contributed by atoms with Crippen molar-refractivity contribution < 1.29 is 27.2 Å². The molecule has 8 nitrogen and oxygen atoms in total. The van der Waals surface area contributed by atoms with Crippen LogP contribution in [0.15, 0.2) is 53.1 Å². The van der Waals surface area contributed by atoms with E-state index in [0.717, 1.165) is 18.6 Å². The number of carbonyl (C=O) groups excluding carboxylic acids is 1. The molecule has 0 radical (unpaired) electrons. The smallest absolute Gasteiger partial charge is 0.416 e. The van der Waals surface area contributed by atoms with E-state index in [4.69, 9.17) is 14.2 Å². The van der Waals surface area contributed by atoms with Gasteiger partial charge < -0.3 is 19.1 Å². The second-order valence-electron chi connectivity index (χ2n) is 8.98. The molecule has 0 atom stereocenters. The van der Waals surface area contributed by atoms with Crippen molar-refractivity contribution in [2.45, 2.75) is 25.9 Å². The normalized spacial score (nSPS) is 14.2. The Morgan fingerprint density at radius 2 is 1.82 bits per heavy atom. The molecule has 11 heteroatoms. The van der Waals surface area contributed by atoms with E-state index in [2.05, 4.69) is 10.1 Å². The van der Waals surface area contributed by atoms with E-state index < -0.39 is 11.7 Å². The molecule has 2 aromatic carbocycles. The largest absolute Gasteiger partial charge is 0.496 e. The highest BCUT2D eigenvalue weighted by atomic mass is 19.4. The molecule has 0 bridgehead atoms. The molecular formula is C27H26F3N5O3. The summed E-state index contributed by atoms with van der Waals surface area (Å²) in [5.74, 6) is 1.49. The highest BCUT2D eigenvalue weighted by Crippen LogP contribution is 2.37. The average Bonchev–Trinajstić information content (AvgIpc) is 3.36. The first-order chi connectivity index (χ1) is 18.3. The molecule has 0 spiro atoms. The van der Waals surface area contributed by atoms with Gasteiger partial charge in [0.1, 0.15) is 28.5 Å². The first kappa shape index (κ1) is 25.5. The summed E-state index contributed by atoms with van der Waals surface area (Å²) in [6.07, 6.45) is -3.08. The lowest BCUT2D eigenvalue weighted by atomic mass is 10.1. The number of amides is 1. The number of carbonyl (C=O) groups is 1. The number of aromatic nitrogens is 3. The van der Waals surface area contributed by atoms with Crippen molar-refractivity contribution in [2.75, 3.05) is 38.2 Å². The number of hydrogen-bond acceptors (Lipinski definition) is 7. The van der Waals surface area contributed by atoms with Crippen molar-refractivity contribution in [3.05, 3.63) is 65.5 Å². The summed E-state index contributed by atoms with van der Waals surface area (Å²) in [5.41, 5.74) is 0.440. The molecule has 0 aliphatic carbocycles. The topological polar surface area (TPSA) is 84.6 Å². The Balaban J connectivity index is 1.48. The standard InChI is InChI=1S/C27H26F3N5O3/c1-3-7-21-31-24(34-12-14-35(15-13-34)26(36)19-10-4-5-11-20(19)37-2)22-23(33-38-25(22)32-21)17-8-6-9-18(16-17)27(28,29)30/h4-6,8-11,16H,3,7,12-15H2,1-2H3. The number of hydrogen-bond donors (Lipinski definition) is 0. The van der Waals surface area contributed by atoms with Gasteiger partial charge in [-0.15, -0.1) is 0 Å². The molecule has 1 saturated heterocycles. The van der Waals surface area contributed by atoms with Gasteiger partial charge in [0.05, 0.1) is 18.2 Å². The van der Waals surface area contributed by atoms with E-state index in [9.17, 15) is 18.0 Å². The van der Waals surface area contributed by atoms with E-state index in [-0.39, 0.29) is 22.9 Å². The van der Waals surface area contributed by atoms with Gasteiger partial charge in [0, 0.05) is 38.2 Å². The Labute approximate surface area is 217 Å². The lowest BCUT2D eigenvalue weighted by molar-refractivity contribution is -0.137. The molecule has 1 amide bonds. The number of fused-ring (bicyclic) bond motifs is 1. The van der Waals surface area contributed by atoms with E-state index in [1.165, 1.54) is 13.2 Å². The van der Waals surface area contributed by atoms with Crippen molar-refractivity contribution in [1.29, 1.82) is 0 Å². The van der Waals surface area contributed by atoms with Gasteiger partial charge in [-0.05, 0) is 30.7 Å². The monoisotopic (exact) mass is 525 g/mol. The predicted octanol–water partition coefficient (Wildman–Crippen LogP) is 5.23. The summed E-state index contributed by atoms with van der Waals surface area (Å²) in [6.45, 7) is 3.78. The van der Waals surface area contributed by atoms with Crippen molar-refractivity contribution in [3.8, 4) is 17.0 Å². The van der Waals surface area contributed by atoms with E-state index in [0.29, 0.717) is 60.9 Å². The van der Waals surface area contributed by atoms with Crippen LogP contribution in [0.25, 0.3) is 22.4 Å². The molecule has 198 valence electrons. The number of para-hydroxylation sites is 1. The Hall–Kier alpha value is -4.15. The van der Waals surface area contributed by atoms with Crippen LogP contribution in [0.3, 0.4) is 0 Å². The molecule has 0 unspecified atom stereocenters. The lowest BCUT2D eigenvalue weighted by Crippen LogP contribution is -2.49. The minimum atomic E-state index is -4.49. The first-order valence-corrected chi connectivity index (χ1v) is 12.3. The van der Waals surface area contributed by atoms with Gasteiger partial charge in [0.25, 0.3) is 11.6 Å². The zero-order chi connectivity index (χ0) is 26.9. The van der Waals surface area contributed by atoms with Crippen molar-refractivity contribution in [2.24, 2.45) is 0 Å². The fourth-order valence-electron chi connectivity index (χ4n) is 4.60. The van der Waals surface area contributed by atoms with E-state index in [1.54, 1.807) is 29.2 Å². The molecule has 2 aromatic heterocycles. The Morgan fingerprint density at radius 1 is 1.05 bits per heavy atom. The maximum atomic E-state index is 13.4. The number of rotatable bonds is 6. The molecular weight excluding hydrogens is 499 g/mol. The van der Waals surface area contributed by atoms with Crippen LogP contribution in [0.1, 0.15) is 35.1 Å². The van der Waals surface area contributed by atoms with Crippen LogP contribution in [0, 0.1) is 0 Å². The summed E-state index contributed by atoms with van der Waals surface area (Å²) < 4.78 is 51.0. The number of anilines is 1. The minimum Gasteiger partial charge on any atom is -0.496 e. The lowest BCUT2D eigenvalue weighted by Gasteiger charge is -2.36. The first-order valence-electron chi connectivity index (χ1n) is 12.3. The number of piperazine rings is 1. The zero-order valence-corrected chi connectivity index (χ0v) is 21.0. The van der Waals surface area contributed by atoms with Gasteiger partial charge in [0.2, 0.25) is 0 Å². The van der Waals surface area contributed by atoms with Crippen LogP contribution in [0.2, 0.25) is 0 Å². The van der Waals surface area contributed by atoms with Gasteiger partial charge >= 0.3 is 6.18 Å². The number of nitrogens with zero attached hydrogens (tertiary/aromatic N) is 5. The van der Waals surface area contributed by atoms with Crippen LogP contribution in [-0.4, -0.2) is 59.2 Å². The second-order valence-corrected chi connectivity index (χ2v) is 8.98. The van der Waals surface area contributed by atoms with Gasteiger partial charge in [-0.2, -0.15) is 18.2 Å². The van der Waals surface area contributed by atoms with Crippen molar-refractivity contribution in [3.63, 3.8) is 0 Å². The maximum Gasteiger partial charge on any atom is 0.416 e. The molecule has 1 fully saturated rings. The summed E-state index contributed by atoms with van der Waals surface area (Å²) in [7, 11) is 1.53. The fourth-order valence-corrected chi connectivity index (χ4v) is 4.60. The molecule has 1 aliphatic rings. The molecule has 0 saturated carbocycles. The van der Waals surface area contributed by atoms with Crippen LogP contribution in [0.5, 0.6) is 5.75 Å². The SMILES string of the molecule is CCCc1nc(N2CCN(C(=O)c3ccccc3OC)CC2)c2c(-c3cccc(C(F)(F)F)c3)noc2n1. The fraction of sp³-hybridized carbons (Fsp3) is 0.333.